The van der Waals surface area contributed by atoms with Crippen molar-refractivity contribution in [2.45, 2.75) is 81.1 Å². The molecule has 6 unspecified atom stereocenters. The summed E-state index contributed by atoms with van der Waals surface area (Å²) in [5, 5.41) is 26.8. The Morgan fingerprint density at radius 1 is 0.984 bits per heavy atom. The van der Waals surface area contributed by atoms with Gasteiger partial charge < -0.3 is 34.0 Å². The molecule has 0 saturated heterocycles. The molecule has 1 heterocycles. The second kappa shape index (κ2) is 21.3. The Bertz CT molecular complexity index is 2140. The van der Waals surface area contributed by atoms with Gasteiger partial charge in [0.05, 0.1) is 38.5 Å². The Hall–Kier alpha value is -4.81. The van der Waals surface area contributed by atoms with Crippen molar-refractivity contribution in [2.75, 3.05) is 45.9 Å². The topological polar surface area (TPSA) is 119 Å². The molecule has 1 saturated carbocycles. The summed E-state index contributed by atoms with van der Waals surface area (Å²) in [7, 11) is 1.41. The molecule has 4 aromatic carbocycles. The molecule has 1 amide bonds. The molecule has 2 aliphatic carbocycles. The number of carbonyl (C=O) groups is 1. The summed E-state index contributed by atoms with van der Waals surface area (Å²) in [6.45, 7) is 7.48. The SMILES string of the molecule is C=CCOC12Oc3ccc(OCCSc4ccccc4)cc3C3C(CCCCO)C(CCCCO)C=C(C(=NOCC)CC1N(Cc1cccc4ccccc14)C(=O)OC)C32. The van der Waals surface area contributed by atoms with E-state index < -0.39 is 23.8 Å². The lowest BCUT2D eigenvalue weighted by molar-refractivity contribution is -0.256. The number of benzene rings is 4. The first-order chi connectivity index (χ1) is 30.0. The average molecular weight is 849 g/mol. The highest BCUT2D eigenvalue weighted by molar-refractivity contribution is 7.99. The summed E-state index contributed by atoms with van der Waals surface area (Å²) in [5.74, 6) is 0.410. The molecule has 1 aliphatic heterocycles. The van der Waals surface area contributed by atoms with E-state index in [1.807, 2.05) is 61.5 Å². The molecule has 0 bridgehead atoms. The number of hydrogen-bond acceptors (Lipinski definition) is 10. The van der Waals surface area contributed by atoms with Gasteiger partial charge in [-0.15, -0.1) is 18.3 Å². The van der Waals surface area contributed by atoms with E-state index in [0.29, 0.717) is 31.8 Å². The van der Waals surface area contributed by atoms with E-state index >= 15 is 0 Å². The fourth-order valence-corrected chi connectivity index (χ4v) is 10.5. The summed E-state index contributed by atoms with van der Waals surface area (Å²) < 4.78 is 26.6. The third kappa shape index (κ3) is 9.81. The normalized spacial score (nSPS) is 23.3. The van der Waals surface area contributed by atoms with Crippen molar-refractivity contribution >= 4 is 34.3 Å². The van der Waals surface area contributed by atoms with Crippen LogP contribution in [-0.2, 0) is 20.9 Å². The number of allylic oxidation sites excluding steroid dienone is 1. The lowest BCUT2D eigenvalue weighted by Gasteiger charge is -2.59. The second-order valence-corrected chi connectivity index (χ2v) is 17.1. The van der Waals surface area contributed by atoms with Crippen molar-refractivity contribution < 1.29 is 38.8 Å². The number of hydrogen-bond donors (Lipinski definition) is 2. The van der Waals surface area contributed by atoms with E-state index in [0.717, 1.165) is 70.4 Å². The monoisotopic (exact) mass is 848 g/mol. The van der Waals surface area contributed by atoms with Crippen LogP contribution in [0, 0.1) is 17.8 Å². The Morgan fingerprint density at radius 3 is 2.52 bits per heavy atom. The van der Waals surface area contributed by atoms with Crippen LogP contribution in [0.5, 0.6) is 11.5 Å². The van der Waals surface area contributed by atoms with Crippen LogP contribution in [0.3, 0.4) is 0 Å². The van der Waals surface area contributed by atoms with E-state index in [2.05, 4.69) is 49.1 Å². The van der Waals surface area contributed by atoms with E-state index in [1.54, 1.807) is 22.7 Å². The molecular weight excluding hydrogens is 789 g/mol. The predicted octanol–water partition coefficient (Wildman–Crippen LogP) is 9.93. The highest BCUT2D eigenvalue weighted by atomic mass is 32.2. The molecule has 0 spiro atoms. The summed E-state index contributed by atoms with van der Waals surface area (Å²) in [5.41, 5.74) is 3.70. The van der Waals surface area contributed by atoms with Gasteiger partial charge >= 0.3 is 6.09 Å². The first-order valence-electron chi connectivity index (χ1n) is 21.8. The molecule has 1 fully saturated rings. The van der Waals surface area contributed by atoms with Gasteiger partial charge in [-0.25, -0.2) is 4.79 Å². The Morgan fingerprint density at radius 2 is 1.75 bits per heavy atom. The van der Waals surface area contributed by atoms with Crippen LogP contribution in [0.25, 0.3) is 10.8 Å². The van der Waals surface area contributed by atoms with Crippen molar-refractivity contribution in [1.29, 1.82) is 0 Å². The van der Waals surface area contributed by atoms with Gasteiger partial charge in [0.1, 0.15) is 24.1 Å². The fourth-order valence-electron chi connectivity index (χ4n) is 9.75. The zero-order valence-electron chi connectivity index (χ0n) is 35.5. The van der Waals surface area contributed by atoms with Gasteiger partial charge in [-0.3, -0.25) is 4.90 Å². The van der Waals surface area contributed by atoms with Gasteiger partial charge in [0.2, 0.25) is 5.79 Å². The molecule has 0 radical (unpaired) electrons. The largest absolute Gasteiger partial charge is 0.493 e. The van der Waals surface area contributed by atoms with Gasteiger partial charge in [-0.1, -0.05) is 90.8 Å². The molecule has 3 aliphatic rings. The fraction of sp³-hybridized carbons (Fsp3) is 0.440. The van der Waals surface area contributed by atoms with Gasteiger partial charge in [-0.2, -0.15) is 0 Å². The number of carbonyl (C=O) groups excluding carboxylic acids is 1. The van der Waals surface area contributed by atoms with Gasteiger partial charge in [0.15, 0.2) is 0 Å². The number of aliphatic hydroxyl groups excluding tert-OH is 2. The summed E-state index contributed by atoms with van der Waals surface area (Å²) in [4.78, 5) is 23.2. The number of ether oxygens (including phenoxy) is 4. The minimum Gasteiger partial charge on any atom is -0.493 e. The molecule has 6 atom stereocenters. The van der Waals surface area contributed by atoms with Crippen LogP contribution < -0.4 is 9.47 Å². The van der Waals surface area contributed by atoms with Crippen LogP contribution in [0.2, 0.25) is 0 Å². The standard InChI is InChI=1S/C50H60N2O8S/c1-4-28-58-50-46(52(49(55)56-3)34-37-19-15-18-35-16-9-10-22-40(35)37)33-44(51-59-5-2)42-31-36(17-11-13-26-53)41(23-12-14-27-54)47(48(42)50)43-32-38(24-25-45(43)60-50)57-29-30-61-39-20-7-6-8-21-39/h4,6-10,15-16,18-22,24-25,31-32,36,41,46-48,53-54H,1,5,11-14,17,23,26-30,33-34H2,2-3H3. The van der Waals surface area contributed by atoms with E-state index in [9.17, 15) is 15.0 Å². The molecular formula is C50H60N2O8S. The van der Waals surface area contributed by atoms with E-state index in [-0.39, 0.29) is 50.5 Å². The van der Waals surface area contributed by atoms with Crippen molar-refractivity contribution in [3.63, 3.8) is 0 Å². The summed E-state index contributed by atoms with van der Waals surface area (Å²) in [6.07, 6.45) is 8.60. The van der Waals surface area contributed by atoms with Crippen molar-refractivity contribution in [2.24, 2.45) is 22.9 Å². The maximum Gasteiger partial charge on any atom is 0.410 e. The molecule has 61 heavy (non-hydrogen) atoms. The Balaban J connectivity index is 1.39. The number of unbranched alkanes of at least 4 members (excludes halogenated alkanes) is 2. The first kappa shape index (κ1) is 44.3. The molecule has 2 N–H and O–H groups in total. The number of amides is 1. The summed E-state index contributed by atoms with van der Waals surface area (Å²) >= 11 is 1.75. The maximum atomic E-state index is 14.4. The average Bonchev–Trinajstić information content (AvgIpc) is 3.29. The van der Waals surface area contributed by atoms with Gasteiger partial charge in [-0.05, 0) is 96.7 Å². The second-order valence-electron chi connectivity index (χ2n) is 15.9. The third-order valence-electron chi connectivity index (χ3n) is 12.3. The van der Waals surface area contributed by atoms with E-state index in [1.165, 1.54) is 12.0 Å². The smallest absolute Gasteiger partial charge is 0.410 e. The Kier molecular flexibility index (Phi) is 15.5. The molecule has 324 valence electrons. The number of fused-ring (bicyclic) bond motifs is 3. The zero-order chi connectivity index (χ0) is 42.6. The number of aliphatic hydroxyl groups is 2. The van der Waals surface area contributed by atoms with Gasteiger partial charge in [0, 0.05) is 41.8 Å². The molecule has 4 aromatic rings. The van der Waals surface area contributed by atoms with Crippen LogP contribution in [0.4, 0.5) is 4.79 Å². The lowest BCUT2D eigenvalue weighted by atomic mass is 9.55. The van der Waals surface area contributed by atoms with Crippen molar-refractivity contribution in [3.05, 3.63) is 126 Å². The highest BCUT2D eigenvalue weighted by Crippen LogP contribution is 2.62. The van der Waals surface area contributed by atoms with E-state index in [4.69, 9.17) is 28.9 Å². The minimum atomic E-state index is -1.40. The molecule has 0 aromatic heterocycles. The first-order valence-corrected chi connectivity index (χ1v) is 22.8. The summed E-state index contributed by atoms with van der Waals surface area (Å²) in [6, 6.07) is 30.0. The quantitative estimate of drug-likeness (QED) is 0.0366. The van der Waals surface area contributed by atoms with Crippen LogP contribution in [0.1, 0.15) is 68.9 Å². The van der Waals surface area contributed by atoms with Gasteiger partial charge in [0.25, 0.3) is 0 Å². The molecule has 11 heteroatoms. The molecule has 10 nitrogen and oxygen atoms in total. The third-order valence-corrected chi connectivity index (χ3v) is 13.3. The highest BCUT2D eigenvalue weighted by Gasteiger charge is 2.65. The number of nitrogens with zero attached hydrogens (tertiary/aromatic N) is 2. The number of methoxy groups -OCH3 is 1. The number of rotatable bonds is 21. The van der Waals surface area contributed by atoms with Crippen LogP contribution in [-0.4, -0.2) is 84.6 Å². The zero-order valence-corrected chi connectivity index (χ0v) is 36.3. The van der Waals surface area contributed by atoms with Crippen molar-refractivity contribution in [1.82, 2.24) is 4.90 Å². The van der Waals surface area contributed by atoms with Crippen molar-refractivity contribution in [3.8, 4) is 11.5 Å². The molecule has 7 rings (SSSR count). The van der Waals surface area contributed by atoms with Crippen LogP contribution in [0.15, 0.2) is 125 Å². The Labute approximate surface area is 364 Å². The number of oxime groups is 1. The predicted molar refractivity (Wildman–Crippen MR) is 241 cm³/mol. The number of thioether (sulfide) groups is 1. The lowest BCUT2D eigenvalue weighted by Crippen LogP contribution is -2.70. The minimum absolute atomic E-state index is 0.0916. The van der Waals surface area contributed by atoms with Crippen LogP contribution >= 0.6 is 11.8 Å². The maximum absolute atomic E-state index is 14.4.